The molecule has 0 saturated carbocycles. The molecule has 0 fully saturated rings. The molecule has 1 rings (SSSR count). The minimum atomic E-state index is -5.11. The van der Waals surface area contributed by atoms with Crippen molar-refractivity contribution < 1.29 is 18.0 Å². The molecule has 0 aliphatic rings. The Morgan fingerprint density at radius 3 is 2.12 bits per heavy atom. The van der Waals surface area contributed by atoms with E-state index in [0.717, 1.165) is 0 Å². The van der Waals surface area contributed by atoms with E-state index in [0.29, 0.717) is 0 Å². The molecule has 1 unspecified atom stereocenters. The molecule has 0 amide bonds. The van der Waals surface area contributed by atoms with Gasteiger partial charge in [-0.3, -0.25) is 4.79 Å². The first-order chi connectivity index (χ1) is 7.79. The molecule has 0 aliphatic heterocycles. The number of carbonyl (C=O) groups is 1. The van der Waals surface area contributed by atoms with Crippen molar-refractivity contribution in [2.45, 2.75) is 12.1 Å². The monoisotopic (exact) mass is 281 g/mol. The van der Waals surface area contributed by atoms with Crippen LogP contribution in [-0.4, -0.2) is 12.0 Å². The van der Waals surface area contributed by atoms with Gasteiger partial charge in [-0.25, -0.2) is 0 Å². The number of nitriles is 1. The van der Waals surface area contributed by atoms with Crippen LogP contribution >= 0.6 is 23.2 Å². The number of rotatable bonds is 2. The van der Waals surface area contributed by atoms with Crippen molar-refractivity contribution in [1.29, 1.82) is 5.26 Å². The van der Waals surface area contributed by atoms with E-state index in [1.807, 2.05) is 0 Å². The zero-order chi connectivity index (χ0) is 13.2. The highest BCUT2D eigenvalue weighted by atomic mass is 35.5. The van der Waals surface area contributed by atoms with Crippen molar-refractivity contribution in [1.82, 2.24) is 0 Å². The second-order valence-electron chi connectivity index (χ2n) is 3.06. The van der Waals surface area contributed by atoms with Gasteiger partial charge in [0.15, 0.2) is 0 Å². The Kier molecular flexibility index (Phi) is 4.02. The summed E-state index contributed by atoms with van der Waals surface area (Å²) in [5.74, 6) is -4.23. The maximum absolute atomic E-state index is 12.2. The van der Waals surface area contributed by atoms with Crippen LogP contribution in [0.1, 0.15) is 11.5 Å². The SMILES string of the molecule is N#CC(C(=O)C(F)(F)F)c1c(Cl)cccc1Cl. The predicted molar refractivity (Wildman–Crippen MR) is 55.9 cm³/mol. The van der Waals surface area contributed by atoms with Crippen LogP contribution in [0.2, 0.25) is 10.0 Å². The Morgan fingerprint density at radius 2 is 1.76 bits per heavy atom. The highest BCUT2D eigenvalue weighted by molar-refractivity contribution is 6.36. The molecule has 1 aromatic rings. The molecule has 0 saturated heterocycles. The summed E-state index contributed by atoms with van der Waals surface area (Å²) in [6.45, 7) is 0. The van der Waals surface area contributed by atoms with E-state index in [2.05, 4.69) is 0 Å². The number of halogens is 5. The van der Waals surface area contributed by atoms with Crippen molar-refractivity contribution in [3.05, 3.63) is 33.8 Å². The lowest BCUT2D eigenvalue weighted by Gasteiger charge is -2.13. The number of carbonyl (C=O) groups excluding carboxylic acids is 1. The van der Waals surface area contributed by atoms with Crippen molar-refractivity contribution in [2.24, 2.45) is 0 Å². The minimum absolute atomic E-state index is 0.151. The fourth-order valence-corrected chi connectivity index (χ4v) is 1.82. The minimum Gasteiger partial charge on any atom is -0.288 e. The maximum Gasteiger partial charge on any atom is 0.451 e. The van der Waals surface area contributed by atoms with Gasteiger partial charge in [-0.15, -0.1) is 0 Å². The third-order valence-corrected chi connectivity index (χ3v) is 2.62. The van der Waals surface area contributed by atoms with Crippen molar-refractivity contribution in [2.75, 3.05) is 0 Å². The van der Waals surface area contributed by atoms with Crippen LogP contribution in [0, 0.1) is 11.3 Å². The first kappa shape index (κ1) is 13.8. The zero-order valence-electron chi connectivity index (χ0n) is 8.05. The fourth-order valence-electron chi connectivity index (χ4n) is 1.20. The summed E-state index contributed by atoms with van der Waals surface area (Å²) in [4.78, 5) is 11.0. The second kappa shape index (κ2) is 4.94. The van der Waals surface area contributed by atoms with Crippen molar-refractivity contribution >= 4 is 29.0 Å². The van der Waals surface area contributed by atoms with Crippen molar-refractivity contribution in [3.63, 3.8) is 0 Å². The molecule has 0 radical (unpaired) electrons. The van der Waals surface area contributed by atoms with E-state index in [4.69, 9.17) is 28.5 Å². The molecule has 17 heavy (non-hydrogen) atoms. The zero-order valence-corrected chi connectivity index (χ0v) is 9.57. The molecule has 1 aromatic carbocycles. The summed E-state index contributed by atoms with van der Waals surface area (Å²) in [5.41, 5.74) is -0.319. The topological polar surface area (TPSA) is 40.9 Å². The first-order valence-electron chi connectivity index (χ1n) is 4.23. The molecule has 90 valence electrons. The summed E-state index contributed by atoms with van der Waals surface area (Å²) >= 11 is 11.3. The predicted octanol–water partition coefficient (Wildman–Crippen LogP) is 3.73. The van der Waals surface area contributed by atoms with Gasteiger partial charge in [0.2, 0.25) is 0 Å². The summed E-state index contributed by atoms with van der Waals surface area (Å²) < 4.78 is 36.7. The van der Waals surface area contributed by atoms with Gasteiger partial charge in [0.1, 0.15) is 5.92 Å². The quantitative estimate of drug-likeness (QED) is 0.829. The molecule has 0 aromatic heterocycles. The molecule has 0 bridgehead atoms. The number of ketones is 1. The average molecular weight is 282 g/mol. The number of hydrogen-bond donors (Lipinski definition) is 0. The van der Waals surface area contributed by atoms with E-state index < -0.39 is 17.9 Å². The largest absolute Gasteiger partial charge is 0.451 e. The Balaban J connectivity index is 3.30. The van der Waals surface area contributed by atoms with Crippen LogP contribution in [0.4, 0.5) is 13.2 Å². The molecule has 0 N–H and O–H groups in total. The van der Waals surface area contributed by atoms with Gasteiger partial charge < -0.3 is 0 Å². The highest BCUT2D eigenvalue weighted by Gasteiger charge is 2.45. The molecule has 7 heteroatoms. The lowest BCUT2D eigenvalue weighted by molar-refractivity contribution is -0.171. The van der Waals surface area contributed by atoms with Gasteiger partial charge >= 0.3 is 6.18 Å². The Bertz CT molecular complexity index is 473. The molecular formula is C10H4Cl2F3NO. The third kappa shape index (κ3) is 2.90. The van der Waals surface area contributed by atoms with E-state index in [-0.39, 0.29) is 15.6 Å². The lowest BCUT2D eigenvalue weighted by Crippen LogP contribution is -2.28. The second-order valence-corrected chi connectivity index (χ2v) is 3.87. The molecule has 0 heterocycles. The number of hydrogen-bond acceptors (Lipinski definition) is 2. The van der Waals surface area contributed by atoms with Gasteiger partial charge in [-0.05, 0) is 12.1 Å². The Labute approximate surface area is 105 Å². The van der Waals surface area contributed by atoms with E-state index in [9.17, 15) is 18.0 Å². The summed E-state index contributed by atoms with van der Waals surface area (Å²) in [5, 5.41) is 8.37. The van der Waals surface area contributed by atoms with Crippen LogP contribution < -0.4 is 0 Å². The van der Waals surface area contributed by atoms with Crippen LogP contribution in [0.15, 0.2) is 18.2 Å². The average Bonchev–Trinajstić information content (AvgIpc) is 2.21. The van der Waals surface area contributed by atoms with E-state index in [1.165, 1.54) is 24.3 Å². The number of alkyl halides is 3. The lowest BCUT2D eigenvalue weighted by atomic mass is 9.95. The number of nitrogens with zero attached hydrogens (tertiary/aromatic N) is 1. The summed E-state index contributed by atoms with van der Waals surface area (Å²) in [7, 11) is 0. The standard InChI is InChI=1S/C10H4Cl2F3NO/c11-6-2-1-3-7(12)8(6)5(4-16)9(17)10(13,14)15/h1-3,5H. The summed E-state index contributed by atoms with van der Waals surface area (Å²) in [6, 6.07) is 5.19. The number of benzene rings is 1. The van der Waals surface area contributed by atoms with Gasteiger partial charge in [0, 0.05) is 15.6 Å². The molecule has 1 atom stereocenters. The van der Waals surface area contributed by atoms with Gasteiger partial charge in [0.05, 0.1) is 6.07 Å². The van der Waals surface area contributed by atoms with E-state index in [1.54, 1.807) is 0 Å². The van der Waals surface area contributed by atoms with Crippen LogP contribution in [0.3, 0.4) is 0 Å². The Morgan fingerprint density at radius 1 is 1.29 bits per heavy atom. The van der Waals surface area contributed by atoms with Crippen LogP contribution in [-0.2, 0) is 4.79 Å². The van der Waals surface area contributed by atoms with Crippen LogP contribution in [0.5, 0.6) is 0 Å². The Hall–Kier alpha value is -1.25. The van der Waals surface area contributed by atoms with Gasteiger partial charge in [-0.1, -0.05) is 29.3 Å². The van der Waals surface area contributed by atoms with Crippen molar-refractivity contribution in [3.8, 4) is 6.07 Å². The fraction of sp³-hybridized carbons (Fsp3) is 0.200. The molecule has 0 aliphatic carbocycles. The van der Waals surface area contributed by atoms with Crippen LogP contribution in [0.25, 0.3) is 0 Å². The smallest absolute Gasteiger partial charge is 0.288 e. The third-order valence-electron chi connectivity index (χ3n) is 1.96. The number of Topliss-reactive ketones (excluding diaryl/α,β-unsaturated/α-hetero) is 1. The molecular weight excluding hydrogens is 278 g/mol. The molecule has 2 nitrogen and oxygen atoms in total. The summed E-state index contributed by atoms with van der Waals surface area (Å²) in [6.07, 6.45) is -5.11. The molecule has 0 spiro atoms. The highest BCUT2D eigenvalue weighted by Crippen LogP contribution is 2.35. The first-order valence-corrected chi connectivity index (χ1v) is 4.99. The normalized spacial score (nSPS) is 12.9. The van der Waals surface area contributed by atoms with E-state index >= 15 is 0 Å². The van der Waals surface area contributed by atoms with Gasteiger partial charge in [-0.2, -0.15) is 18.4 Å². The maximum atomic E-state index is 12.2. The van der Waals surface area contributed by atoms with Gasteiger partial charge in [0.25, 0.3) is 5.78 Å².